The van der Waals surface area contributed by atoms with Crippen LogP contribution in [-0.2, 0) is 16.2 Å². The third-order valence-electron chi connectivity index (χ3n) is 7.06. The molecule has 0 saturated carbocycles. The van der Waals surface area contributed by atoms with Gasteiger partial charge in [-0.05, 0) is 80.1 Å². The van der Waals surface area contributed by atoms with Crippen LogP contribution in [0, 0.1) is 6.92 Å². The van der Waals surface area contributed by atoms with E-state index in [9.17, 15) is 14.4 Å². The smallest absolute Gasteiger partial charge is 0.331 e. The molecular formula is C35H33ClN2O4S. The lowest BCUT2D eigenvalue weighted by Gasteiger charge is -2.07. The number of carbonyl (C=O) groups is 3. The molecular weight excluding hydrogens is 580 g/mol. The molecule has 5 aromatic rings. The number of nitrogens with zero attached hydrogens (tertiary/aromatic N) is 2. The van der Waals surface area contributed by atoms with Gasteiger partial charge in [-0.3, -0.25) is 9.59 Å². The molecule has 0 atom stereocenters. The van der Waals surface area contributed by atoms with Crippen LogP contribution in [-0.4, -0.2) is 33.6 Å². The summed E-state index contributed by atoms with van der Waals surface area (Å²) in [7, 11) is 0. The summed E-state index contributed by atoms with van der Waals surface area (Å²) >= 11 is 7.53. The van der Waals surface area contributed by atoms with Crippen molar-refractivity contribution in [1.29, 1.82) is 0 Å². The van der Waals surface area contributed by atoms with Gasteiger partial charge >= 0.3 is 5.97 Å². The van der Waals surface area contributed by atoms with E-state index < -0.39 is 5.97 Å². The van der Waals surface area contributed by atoms with Gasteiger partial charge in [0, 0.05) is 74.1 Å². The number of benzene rings is 4. The maximum atomic E-state index is 13.7. The molecule has 5 rings (SSSR count). The topological polar surface area (TPSA) is 77.7 Å². The van der Waals surface area contributed by atoms with Gasteiger partial charge in [-0.1, -0.05) is 48.4 Å². The van der Waals surface area contributed by atoms with Crippen molar-refractivity contribution in [1.82, 2.24) is 4.57 Å². The summed E-state index contributed by atoms with van der Waals surface area (Å²) < 4.78 is 2.16. The molecule has 0 aliphatic heterocycles. The highest BCUT2D eigenvalue weighted by Gasteiger charge is 2.20. The van der Waals surface area contributed by atoms with Crippen molar-refractivity contribution in [2.45, 2.75) is 46.1 Å². The summed E-state index contributed by atoms with van der Waals surface area (Å²) in [6, 6.07) is 26.2. The summed E-state index contributed by atoms with van der Waals surface area (Å²) in [4.78, 5) is 44.5. The van der Waals surface area contributed by atoms with Gasteiger partial charge in [0.15, 0.2) is 5.78 Å². The fraction of sp³-hybridized carbons (Fsp3) is 0.200. The average Bonchev–Trinajstić information content (AvgIpc) is 3.31. The van der Waals surface area contributed by atoms with Crippen molar-refractivity contribution in [2.24, 2.45) is 5.16 Å². The van der Waals surface area contributed by atoms with Crippen molar-refractivity contribution in [3.8, 4) is 0 Å². The van der Waals surface area contributed by atoms with E-state index in [1.165, 1.54) is 6.92 Å². The Kier molecular flexibility index (Phi) is 10.2. The van der Waals surface area contributed by atoms with Crippen LogP contribution in [0.15, 0.2) is 95.0 Å². The number of Topliss-reactive ketones (excluding diaryl/α,β-unsaturated/α-hetero) is 1. The Morgan fingerprint density at radius 2 is 1.51 bits per heavy atom. The van der Waals surface area contributed by atoms with Crippen LogP contribution in [0.5, 0.6) is 0 Å². The number of oxime groups is 1. The number of aromatic nitrogens is 1. The molecule has 43 heavy (non-hydrogen) atoms. The number of hydrogen-bond donors (Lipinski definition) is 0. The van der Waals surface area contributed by atoms with Crippen LogP contribution in [0.25, 0.3) is 21.8 Å². The Morgan fingerprint density at radius 1 is 0.884 bits per heavy atom. The molecule has 8 heteroatoms. The second-order valence-corrected chi connectivity index (χ2v) is 11.5. The van der Waals surface area contributed by atoms with Crippen molar-refractivity contribution in [3.05, 3.63) is 112 Å². The van der Waals surface area contributed by atoms with Crippen molar-refractivity contribution in [2.75, 3.05) is 5.75 Å². The van der Waals surface area contributed by atoms with E-state index in [1.54, 1.807) is 17.8 Å². The van der Waals surface area contributed by atoms with Crippen LogP contribution < -0.4 is 0 Å². The first kappa shape index (κ1) is 31.7. The first-order chi connectivity index (χ1) is 20.3. The predicted octanol–water partition coefficient (Wildman–Crippen LogP) is 8.93. The molecule has 6 nitrogen and oxygen atoms in total. The zero-order valence-electron chi connectivity index (χ0n) is 23.5. The number of thioether (sulfide) groups is 1. The minimum atomic E-state index is -0.599. The standard InChI is InChI=1S/C34H29ClN2O4S.CH4/c1-4-37-31-15-9-23(33(39)27-8-6-5-7-21(27)2)19-28(31)29-20-24(10-16-32(29)37)34(40)30(36-41-22(3)38)17-18-42-26-13-11-25(35)12-14-26;/h5-16,19-20H,4,17-18H2,1-3H3;1H4/b36-30+;. The highest BCUT2D eigenvalue weighted by Crippen LogP contribution is 2.32. The van der Waals surface area contributed by atoms with Crippen molar-refractivity contribution < 1.29 is 19.2 Å². The Bertz CT molecular complexity index is 1860. The van der Waals surface area contributed by atoms with Gasteiger partial charge in [-0.2, -0.15) is 0 Å². The lowest BCUT2D eigenvalue weighted by atomic mass is 9.97. The molecule has 0 aliphatic carbocycles. The molecule has 220 valence electrons. The summed E-state index contributed by atoms with van der Waals surface area (Å²) in [6.45, 7) is 5.96. The Labute approximate surface area is 260 Å². The van der Waals surface area contributed by atoms with Gasteiger partial charge in [0.05, 0.1) is 0 Å². The van der Waals surface area contributed by atoms with Crippen molar-refractivity contribution >= 4 is 68.4 Å². The Balaban J connectivity index is 0.00000423. The van der Waals surface area contributed by atoms with Gasteiger partial charge in [0.2, 0.25) is 5.78 Å². The fourth-order valence-corrected chi connectivity index (χ4v) is 5.98. The molecule has 0 spiro atoms. The van der Waals surface area contributed by atoms with E-state index >= 15 is 0 Å². The second-order valence-electron chi connectivity index (χ2n) is 9.85. The number of halogens is 1. The number of hydrogen-bond acceptors (Lipinski definition) is 6. The first-order valence-corrected chi connectivity index (χ1v) is 15.0. The lowest BCUT2D eigenvalue weighted by Crippen LogP contribution is -2.16. The normalized spacial score (nSPS) is 11.4. The third-order valence-corrected chi connectivity index (χ3v) is 8.33. The van der Waals surface area contributed by atoms with E-state index in [0.717, 1.165) is 38.8 Å². The maximum absolute atomic E-state index is 13.7. The zero-order valence-corrected chi connectivity index (χ0v) is 25.1. The first-order valence-electron chi connectivity index (χ1n) is 13.6. The number of aryl methyl sites for hydroxylation is 2. The van der Waals surface area contributed by atoms with Gasteiger partial charge in [0.1, 0.15) is 5.71 Å². The Hall–Kier alpha value is -4.20. The largest absolute Gasteiger partial charge is 0.341 e. The van der Waals surface area contributed by atoms with Crippen LogP contribution in [0.3, 0.4) is 0 Å². The third kappa shape index (κ3) is 6.90. The summed E-state index contributed by atoms with van der Waals surface area (Å²) in [5, 5.41) is 6.32. The maximum Gasteiger partial charge on any atom is 0.331 e. The Morgan fingerprint density at radius 3 is 2.14 bits per heavy atom. The second kappa shape index (κ2) is 13.8. The quantitative estimate of drug-likeness (QED) is 0.0517. The van der Waals surface area contributed by atoms with Gasteiger partial charge in [-0.25, -0.2) is 4.79 Å². The van der Waals surface area contributed by atoms with Crippen LogP contribution in [0.1, 0.15) is 59.5 Å². The van der Waals surface area contributed by atoms with Crippen LogP contribution in [0.2, 0.25) is 5.02 Å². The minimum absolute atomic E-state index is 0. The summed E-state index contributed by atoms with van der Waals surface area (Å²) in [6.07, 6.45) is 0.295. The predicted molar refractivity (Wildman–Crippen MR) is 177 cm³/mol. The molecule has 1 heterocycles. The number of ketones is 2. The molecule has 0 saturated heterocycles. The highest BCUT2D eigenvalue weighted by molar-refractivity contribution is 7.99. The van der Waals surface area contributed by atoms with Crippen LogP contribution in [0.4, 0.5) is 0 Å². The molecule has 0 radical (unpaired) electrons. The summed E-state index contributed by atoms with van der Waals surface area (Å²) in [5.41, 5.74) is 4.68. The molecule has 0 aliphatic rings. The van der Waals surface area contributed by atoms with E-state index in [-0.39, 0.29) is 24.7 Å². The van der Waals surface area contributed by atoms with Crippen LogP contribution >= 0.6 is 23.4 Å². The fourth-order valence-electron chi connectivity index (χ4n) is 4.99. The van der Waals surface area contributed by atoms with Gasteiger partial charge in [0.25, 0.3) is 0 Å². The molecule has 4 aromatic carbocycles. The van der Waals surface area contributed by atoms with Crippen molar-refractivity contribution in [3.63, 3.8) is 0 Å². The van der Waals surface area contributed by atoms with Gasteiger partial charge < -0.3 is 9.40 Å². The zero-order chi connectivity index (χ0) is 29.8. The molecule has 0 N–H and O–H groups in total. The molecule has 0 fully saturated rings. The number of carbonyl (C=O) groups excluding carboxylic acids is 3. The SMILES string of the molecule is C.CCn1c2ccc(C(=O)/C(CCSc3ccc(Cl)cc3)=N/OC(C)=O)cc2c2cc(C(=O)c3ccccc3C)ccc21. The average molecular weight is 613 g/mol. The number of fused-ring (bicyclic) bond motifs is 3. The molecule has 1 aromatic heterocycles. The summed E-state index contributed by atoms with van der Waals surface area (Å²) in [5.74, 6) is -0.416. The highest BCUT2D eigenvalue weighted by atomic mass is 35.5. The number of rotatable bonds is 10. The lowest BCUT2D eigenvalue weighted by molar-refractivity contribution is -0.140. The monoisotopic (exact) mass is 612 g/mol. The minimum Gasteiger partial charge on any atom is -0.341 e. The van der Waals surface area contributed by atoms with E-state index in [4.69, 9.17) is 16.4 Å². The molecule has 0 bridgehead atoms. The van der Waals surface area contributed by atoms with Gasteiger partial charge in [-0.15, -0.1) is 11.8 Å². The molecule has 0 unspecified atom stereocenters. The van der Waals surface area contributed by atoms with E-state index in [2.05, 4.69) is 16.6 Å². The van der Waals surface area contributed by atoms with E-state index in [1.807, 2.05) is 85.8 Å². The molecule has 0 amide bonds. The van der Waals surface area contributed by atoms with E-state index in [0.29, 0.717) is 33.9 Å².